The Balaban J connectivity index is 0.00000544. The number of aliphatic hydroxyl groups excluding tert-OH is 1. The maximum absolute atomic E-state index is 12.8. The average Bonchev–Trinajstić information content (AvgIpc) is 2.73. The van der Waals surface area contributed by atoms with E-state index in [1.165, 1.54) is 11.8 Å². The van der Waals surface area contributed by atoms with Gasteiger partial charge in [-0.25, -0.2) is 0 Å². The molecule has 1 aromatic rings. The van der Waals surface area contributed by atoms with Crippen molar-refractivity contribution in [2.75, 3.05) is 26.2 Å². The molecular formula is C22H34ClN5O5. The highest BCUT2D eigenvalue weighted by Gasteiger charge is 2.28. The second-order valence-corrected chi connectivity index (χ2v) is 8.17. The molecule has 33 heavy (non-hydrogen) atoms. The Morgan fingerprint density at radius 3 is 2.61 bits per heavy atom. The van der Waals surface area contributed by atoms with Crippen molar-refractivity contribution in [3.8, 4) is 0 Å². The lowest BCUT2D eigenvalue weighted by Crippen LogP contribution is -2.56. The van der Waals surface area contributed by atoms with Gasteiger partial charge in [-0.3, -0.25) is 19.2 Å². The summed E-state index contributed by atoms with van der Waals surface area (Å²) >= 11 is 0. The van der Waals surface area contributed by atoms with E-state index in [0.717, 1.165) is 11.1 Å². The molecule has 4 amide bonds. The quantitative estimate of drug-likeness (QED) is 0.373. The molecule has 2 bridgehead atoms. The molecule has 0 aromatic heterocycles. The number of halogens is 1. The maximum atomic E-state index is 12.8. The number of aryl methyl sites for hydroxylation is 2. The van der Waals surface area contributed by atoms with Crippen LogP contribution in [-0.4, -0.2) is 78.0 Å². The fraction of sp³-hybridized carbons (Fsp3) is 0.545. The van der Waals surface area contributed by atoms with Crippen LogP contribution in [0.5, 0.6) is 0 Å². The maximum Gasteiger partial charge on any atom is 0.252 e. The molecule has 0 fully saturated rings. The Labute approximate surface area is 200 Å². The lowest BCUT2D eigenvalue weighted by atomic mass is 10.00. The zero-order chi connectivity index (χ0) is 23.8. The number of nitrogens with one attached hydrogen (secondary N) is 3. The van der Waals surface area contributed by atoms with Crippen LogP contribution in [0.4, 0.5) is 0 Å². The summed E-state index contributed by atoms with van der Waals surface area (Å²) in [6, 6.07) is 3.51. The van der Waals surface area contributed by atoms with Gasteiger partial charge in [0.15, 0.2) is 0 Å². The molecule has 1 aliphatic heterocycles. The zero-order valence-corrected chi connectivity index (χ0v) is 20.0. The number of nitrogens with two attached hydrogens (primary N) is 1. The number of hydrogen-bond acceptors (Lipinski definition) is 6. The number of aliphatic hydroxyl groups is 1. The highest BCUT2D eigenvalue weighted by atomic mass is 35.5. The van der Waals surface area contributed by atoms with Crippen LogP contribution in [0, 0.1) is 6.92 Å². The molecule has 0 saturated carbocycles. The van der Waals surface area contributed by atoms with Gasteiger partial charge in [-0.15, -0.1) is 12.4 Å². The van der Waals surface area contributed by atoms with Crippen LogP contribution in [-0.2, 0) is 20.8 Å². The van der Waals surface area contributed by atoms with E-state index in [1.807, 2.05) is 13.0 Å². The molecule has 3 atom stereocenters. The predicted octanol–water partition coefficient (Wildman–Crippen LogP) is -0.750. The lowest BCUT2D eigenvalue weighted by molar-refractivity contribution is -0.135. The monoisotopic (exact) mass is 483 g/mol. The second-order valence-electron chi connectivity index (χ2n) is 8.17. The van der Waals surface area contributed by atoms with Gasteiger partial charge in [0.1, 0.15) is 6.04 Å². The highest BCUT2D eigenvalue weighted by molar-refractivity contribution is 5.98. The second kappa shape index (κ2) is 13.1. The molecule has 1 aliphatic rings. The number of carbonyl (C=O) groups is 4. The number of rotatable bonds is 2. The summed E-state index contributed by atoms with van der Waals surface area (Å²) in [5, 5.41) is 18.2. The summed E-state index contributed by atoms with van der Waals surface area (Å²) in [6.45, 7) is 5.02. The van der Waals surface area contributed by atoms with Crippen molar-refractivity contribution < 1.29 is 24.3 Å². The summed E-state index contributed by atoms with van der Waals surface area (Å²) in [7, 11) is 0. The first-order valence-corrected chi connectivity index (χ1v) is 10.8. The van der Waals surface area contributed by atoms with Crippen LogP contribution in [0.15, 0.2) is 18.2 Å². The number of hydrogen-bond donors (Lipinski definition) is 5. The van der Waals surface area contributed by atoms with Gasteiger partial charge in [0.25, 0.3) is 5.91 Å². The van der Waals surface area contributed by atoms with Crippen molar-refractivity contribution in [1.82, 2.24) is 20.9 Å². The Hall–Kier alpha value is -2.69. The van der Waals surface area contributed by atoms with Crippen molar-refractivity contribution in [3.63, 3.8) is 0 Å². The van der Waals surface area contributed by atoms with Crippen LogP contribution in [0.25, 0.3) is 0 Å². The lowest BCUT2D eigenvalue weighted by Gasteiger charge is -2.28. The molecule has 10 nitrogen and oxygen atoms in total. The van der Waals surface area contributed by atoms with Gasteiger partial charge in [-0.1, -0.05) is 6.07 Å². The van der Waals surface area contributed by atoms with Crippen LogP contribution in [0.1, 0.15) is 41.8 Å². The number of fused-ring (bicyclic) bond motifs is 2. The van der Waals surface area contributed by atoms with Crippen LogP contribution < -0.4 is 21.7 Å². The third kappa shape index (κ3) is 8.30. The van der Waals surface area contributed by atoms with E-state index in [-0.39, 0.29) is 37.9 Å². The minimum absolute atomic E-state index is 0. The number of nitrogens with zero attached hydrogens (tertiary/aromatic N) is 1. The Morgan fingerprint density at radius 2 is 1.97 bits per heavy atom. The highest BCUT2D eigenvalue weighted by Crippen LogP contribution is 2.14. The van der Waals surface area contributed by atoms with E-state index in [4.69, 9.17) is 5.73 Å². The first-order chi connectivity index (χ1) is 15.1. The van der Waals surface area contributed by atoms with Gasteiger partial charge in [-0.2, -0.15) is 0 Å². The van der Waals surface area contributed by atoms with Gasteiger partial charge in [-0.05, 0) is 56.9 Å². The predicted molar refractivity (Wildman–Crippen MR) is 126 cm³/mol. The Morgan fingerprint density at radius 1 is 1.27 bits per heavy atom. The third-order valence-electron chi connectivity index (χ3n) is 5.35. The van der Waals surface area contributed by atoms with Crippen molar-refractivity contribution in [2.45, 2.75) is 51.8 Å². The largest absolute Gasteiger partial charge is 0.391 e. The van der Waals surface area contributed by atoms with Gasteiger partial charge in [0, 0.05) is 24.7 Å². The number of benzene rings is 1. The van der Waals surface area contributed by atoms with Gasteiger partial charge >= 0.3 is 0 Å². The molecule has 11 heteroatoms. The Bertz CT molecular complexity index is 864. The standard InChI is InChI=1S/C22H33N5O5.ClH/c1-13-6-7-17-9-16(13)5-4-8-24-18(29)12-27(19(30)10-23)11-14(2)25-22(32)20(15(3)28)26-21(17)31;/h6-7,9,14-15,20,28H,4-5,8,10-12,23H2,1-3H3,(H,24,29)(H,25,32)(H,26,31);1H/t14-,15-,20+;/m1./s1. The third-order valence-corrected chi connectivity index (χ3v) is 5.35. The van der Waals surface area contributed by atoms with E-state index in [2.05, 4.69) is 16.0 Å². The molecule has 1 heterocycles. The molecule has 0 saturated heterocycles. The van der Waals surface area contributed by atoms with Crippen LogP contribution in [0.3, 0.4) is 0 Å². The van der Waals surface area contributed by atoms with Crippen molar-refractivity contribution in [2.24, 2.45) is 5.73 Å². The number of carbonyl (C=O) groups excluding carboxylic acids is 4. The van der Waals surface area contributed by atoms with Gasteiger partial charge in [0.2, 0.25) is 17.7 Å². The van der Waals surface area contributed by atoms with E-state index in [0.29, 0.717) is 24.9 Å². The summed E-state index contributed by atoms with van der Waals surface area (Å²) in [5.41, 5.74) is 7.80. The van der Waals surface area contributed by atoms with Gasteiger partial charge in [0.05, 0.1) is 19.2 Å². The molecule has 2 rings (SSSR count). The SMILES string of the molecule is Cc1ccc2cc1CCCNC(=O)CN(C(=O)CN)C[C@@H](C)NC(=O)[C@H]([C@@H](C)O)NC2=O.Cl. The first-order valence-electron chi connectivity index (χ1n) is 10.8. The van der Waals surface area contributed by atoms with Crippen molar-refractivity contribution in [3.05, 3.63) is 34.9 Å². The average molecular weight is 484 g/mol. The Kier molecular flexibility index (Phi) is 11.3. The molecule has 0 spiro atoms. The fourth-order valence-electron chi connectivity index (χ4n) is 3.54. The van der Waals surface area contributed by atoms with E-state index < -0.39 is 35.9 Å². The summed E-state index contributed by atoms with van der Waals surface area (Å²) in [5.74, 6) is -1.82. The summed E-state index contributed by atoms with van der Waals surface area (Å²) in [6.07, 6.45) is 0.136. The normalized spacial score (nSPS) is 21.6. The smallest absolute Gasteiger partial charge is 0.252 e. The molecule has 0 unspecified atom stereocenters. The first kappa shape index (κ1) is 28.3. The number of amides is 4. The molecule has 184 valence electrons. The summed E-state index contributed by atoms with van der Waals surface area (Å²) in [4.78, 5) is 51.3. The minimum Gasteiger partial charge on any atom is -0.391 e. The van der Waals surface area contributed by atoms with Crippen LogP contribution in [0.2, 0.25) is 0 Å². The summed E-state index contributed by atoms with van der Waals surface area (Å²) < 4.78 is 0. The minimum atomic E-state index is -1.19. The molecule has 0 aliphatic carbocycles. The molecule has 6 N–H and O–H groups in total. The molecule has 0 radical (unpaired) electrons. The van der Waals surface area contributed by atoms with E-state index in [1.54, 1.807) is 19.1 Å². The molecular weight excluding hydrogens is 450 g/mol. The van der Waals surface area contributed by atoms with Crippen molar-refractivity contribution >= 4 is 36.0 Å². The fourth-order valence-corrected chi connectivity index (χ4v) is 3.54. The van der Waals surface area contributed by atoms with Gasteiger partial charge < -0.3 is 31.7 Å². The van der Waals surface area contributed by atoms with E-state index in [9.17, 15) is 24.3 Å². The zero-order valence-electron chi connectivity index (χ0n) is 19.2. The van der Waals surface area contributed by atoms with Crippen molar-refractivity contribution in [1.29, 1.82) is 0 Å². The van der Waals surface area contributed by atoms with E-state index >= 15 is 0 Å². The molecule has 1 aromatic carbocycles. The topological polar surface area (TPSA) is 154 Å². The van der Waals surface area contributed by atoms with Crippen LogP contribution >= 0.6 is 12.4 Å².